The minimum atomic E-state index is -2.02. The predicted octanol–water partition coefficient (Wildman–Crippen LogP) is -8.49. The van der Waals surface area contributed by atoms with E-state index in [4.69, 9.17) is 33.2 Å². The van der Waals surface area contributed by atoms with E-state index in [1.807, 2.05) is 0 Å². The number of hydrogen-bond acceptors (Lipinski definition) is 21. The van der Waals surface area contributed by atoms with Crippen molar-refractivity contribution in [3.05, 3.63) is 0 Å². The van der Waals surface area contributed by atoms with E-state index in [0.717, 1.165) is 13.8 Å². The summed E-state index contributed by atoms with van der Waals surface area (Å²) in [6.07, 6.45) is -26.1. The SMILES string of the molecule is CC(=O)NC1[C@H](O)OC(CO)[C@@H](O)[C@H]1CO[C@@H]1OC(C(=O)O)[C@@H](COC[C@@H]2OC(CO)[C@@H](O)[C@@H](CO[C@@H]3OC(C(=O)O)[C@@H](O)[C@@H](O)C3O)C2NC(C)=O)[C@@H](O)C1O. The van der Waals surface area contributed by atoms with Crippen molar-refractivity contribution in [2.24, 2.45) is 17.8 Å². The van der Waals surface area contributed by atoms with E-state index in [-0.39, 0.29) is 0 Å². The summed E-state index contributed by atoms with van der Waals surface area (Å²) < 4.78 is 38.3. The van der Waals surface area contributed by atoms with Crippen molar-refractivity contribution in [2.45, 2.75) is 118 Å². The number of aliphatic carboxylic acids is 2. The monoisotopic (exact) mass is 832 g/mol. The highest BCUT2D eigenvalue weighted by molar-refractivity contribution is 5.74. The lowest BCUT2D eigenvalue weighted by Gasteiger charge is -2.46. The molecule has 4 rings (SSSR count). The molecule has 0 aromatic carbocycles. The first-order chi connectivity index (χ1) is 26.8. The highest BCUT2D eigenvalue weighted by atomic mass is 16.7. The van der Waals surface area contributed by atoms with E-state index in [1.165, 1.54) is 0 Å². The van der Waals surface area contributed by atoms with Crippen molar-refractivity contribution in [3.63, 3.8) is 0 Å². The second kappa shape index (κ2) is 20.4. The molecule has 8 unspecified atom stereocenters. The molecule has 4 saturated heterocycles. The van der Waals surface area contributed by atoms with Gasteiger partial charge in [0, 0.05) is 31.6 Å². The fourth-order valence-electron chi connectivity index (χ4n) is 7.30. The van der Waals surface area contributed by atoms with Crippen LogP contribution in [0.5, 0.6) is 0 Å². The van der Waals surface area contributed by atoms with Gasteiger partial charge in [-0.2, -0.15) is 0 Å². The van der Waals surface area contributed by atoms with Gasteiger partial charge in [-0.25, -0.2) is 9.59 Å². The first-order valence-electron chi connectivity index (χ1n) is 17.9. The minimum absolute atomic E-state index is 0.522. The van der Waals surface area contributed by atoms with Crippen LogP contribution in [-0.2, 0) is 52.3 Å². The summed E-state index contributed by atoms with van der Waals surface area (Å²) in [5.41, 5.74) is 0. The number of amides is 2. The van der Waals surface area contributed by atoms with Crippen LogP contribution in [0.1, 0.15) is 13.8 Å². The second-order valence-corrected chi connectivity index (χ2v) is 14.3. The second-order valence-electron chi connectivity index (χ2n) is 14.3. The van der Waals surface area contributed by atoms with Crippen molar-refractivity contribution in [3.8, 4) is 0 Å². The summed E-state index contributed by atoms with van der Waals surface area (Å²) in [7, 11) is 0. The molecule has 4 aliphatic rings. The maximum Gasteiger partial charge on any atom is 0.335 e. The summed E-state index contributed by atoms with van der Waals surface area (Å²) in [5, 5.41) is 128. The highest BCUT2D eigenvalue weighted by Crippen LogP contribution is 2.33. The van der Waals surface area contributed by atoms with E-state index in [2.05, 4.69) is 10.6 Å². The molecular weight excluding hydrogens is 780 g/mol. The molecule has 25 nitrogen and oxygen atoms in total. The van der Waals surface area contributed by atoms with Gasteiger partial charge in [0.15, 0.2) is 31.1 Å². The fraction of sp³-hybridized carbons (Fsp3) is 0.875. The van der Waals surface area contributed by atoms with Crippen LogP contribution >= 0.6 is 0 Å². The first kappa shape index (κ1) is 46.9. The molecule has 328 valence electrons. The molecule has 2 amide bonds. The number of carbonyl (C=O) groups excluding carboxylic acids is 2. The Morgan fingerprint density at radius 2 is 0.982 bits per heavy atom. The molecular formula is C32H52N2O23. The number of nitrogens with one attached hydrogen (secondary N) is 2. The zero-order valence-electron chi connectivity index (χ0n) is 30.6. The van der Waals surface area contributed by atoms with Crippen LogP contribution in [0.25, 0.3) is 0 Å². The number of carboxylic acids is 2. The van der Waals surface area contributed by atoms with Gasteiger partial charge in [-0.05, 0) is 0 Å². The highest BCUT2D eigenvalue weighted by Gasteiger charge is 2.52. The molecule has 57 heavy (non-hydrogen) atoms. The van der Waals surface area contributed by atoms with E-state index in [9.17, 15) is 80.5 Å². The largest absolute Gasteiger partial charge is 0.479 e. The minimum Gasteiger partial charge on any atom is -0.479 e. The van der Waals surface area contributed by atoms with Crippen LogP contribution < -0.4 is 10.6 Å². The number of aliphatic hydroxyl groups excluding tert-OH is 10. The van der Waals surface area contributed by atoms with E-state index >= 15 is 0 Å². The van der Waals surface area contributed by atoms with Gasteiger partial charge in [0.1, 0.15) is 42.7 Å². The molecule has 4 fully saturated rings. The van der Waals surface area contributed by atoms with Crippen molar-refractivity contribution in [1.82, 2.24) is 10.6 Å². The Labute approximate surface area is 323 Å². The fourth-order valence-corrected chi connectivity index (χ4v) is 7.30. The lowest BCUT2D eigenvalue weighted by atomic mass is 9.84. The van der Waals surface area contributed by atoms with E-state index < -0.39 is 185 Å². The van der Waals surface area contributed by atoms with Gasteiger partial charge >= 0.3 is 11.9 Å². The van der Waals surface area contributed by atoms with Crippen molar-refractivity contribution in [1.29, 1.82) is 0 Å². The standard InChI is InChI=1S/C32H52N2O23/c1-9(37)33-17-11(6-52-32-25(45)22(42)23(43)27(57-32)29(48)49)19(39)14(3-35)54-16(17)8-51-5-13-21(41)24(44)31(56-26(13)28(46)47)53-7-12-18(34-10(2)38)30(50)55-15(4-36)20(12)40/h11-27,30-32,35-36,39-45,50H,3-8H2,1-2H3,(H,33,37)(H,34,38)(H,46,47)(H,48,49)/t11-,12-,13-,14?,15?,16-,17?,18?,19-,20-,21+,22+,23-,24?,25?,26?,27?,30+,31+,32+/m0/s1. The van der Waals surface area contributed by atoms with Gasteiger partial charge in [-0.3, -0.25) is 9.59 Å². The molecule has 0 radical (unpaired) electrons. The summed E-state index contributed by atoms with van der Waals surface area (Å²) in [6, 6.07) is -2.49. The summed E-state index contributed by atoms with van der Waals surface area (Å²) in [5.74, 6) is -8.46. The number of aliphatic hydroxyl groups is 10. The lowest BCUT2D eigenvalue weighted by molar-refractivity contribution is -0.303. The number of carbonyl (C=O) groups is 4. The van der Waals surface area contributed by atoms with Crippen molar-refractivity contribution < 1.29 is 114 Å². The molecule has 0 spiro atoms. The maximum atomic E-state index is 12.3. The number of rotatable bonds is 16. The predicted molar refractivity (Wildman–Crippen MR) is 177 cm³/mol. The molecule has 0 aromatic rings. The average molecular weight is 833 g/mol. The Bertz CT molecular complexity index is 1360. The summed E-state index contributed by atoms with van der Waals surface area (Å²) in [6.45, 7) is -1.67. The average Bonchev–Trinajstić information content (AvgIpc) is 3.14. The topological polar surface area (TPSA) is 400 Å². The molecule has 0 saturated carbocycles. The van der Waals surface area contributed by atoms with Crippen LogP contribution in [0.15, 0.2) is 0 Å². The molecule has 14 N–H and O–H groups in total. The quantitative estimate of drug-likeness (QED) is 0.0686. The van der Waals surface area contributed by atoms with Crippen LogP contribution in [0.2, 0.25) is 0 Å². The Balaban J connectivity index is 1.44. The molecule has 0 aromatic heterocycles. The summed E-state index contributed by atoms with van der Waals surface area (Å²) >= 11 is 0. The molecule has 20 atom stereocenters. The molecule has 4 aliphatic heterocycles. The summed E-state index contributed by atoms with van der Waals surface area (Å²) in [4.78, 5) is 47.9. The Kier molecular flexibility index (Phi) is 16.8. The van der Waals surface area contributed by atoms with Gasteiger partial charge in [-0.1, -0.05) is 0 Å². The van der Waals surface area contributed by atoms with Crippen LogP contribution in [0.3, 0.4) is 0 Å². The zero-order valence-corrected chi connectivity index (χ0v) is 30.6. The maximum absolute atomic E-state index is 12.3. The van der Waals surface area contributed by atoms with Crippen molar-refractivity contribution in [2.75, 3.05) is 39.6 Å². The third kappa shape index (κ3) is 10.9. The number of carboxylic acid groups (broad SMARTS) is 2. The Morgan fingerprint density at radius 3 is 1.49 bits per heavy atom. The van der Waals surface area contributed by atoms with Gasteiger partial charge in [0.2, 0.25) is 11.8 Å². The Morgan fingerprint density at radius 1 is 0.509 bits per heavy atom. The van der Waals surface area contributed by atoms with Crippen molar-refractivity contribution >= 4 is 23.8 Å². The normalized spacial score (nSPS) is 43.9. The number of hydrogen-bond donors (Lipinski definition) is 14. The first-order valence-corrected chi connectivity index (χ1v) is 17.9. The van der Waals surface area contributed by atoms with Gasteiger partial charge in [-0.15, -0.1) is 0 Å². The van der Waals surface area contributed by atoms with E-state index in [1.54, 1.807) is 0 Å². The number of ether oxygens (including phenoxy) is 7. The third-order valence-corrected chi connectivity index (χ3v) is 10.3. The molecule has 4 heterocycles. The van der Waals surface area contributed by atoms with Crippen LogP contribution in [-0.4, -0.2) is 229 Å². The molecule has 25 heteroatoms. The van der Waals surface area contributed by atoms with Gasteiger partial charge < -0.3 is 105 Å². The van der Waals surface area contributed by atoms with Gasteiger partial charge in [0.05, 0.1) is 70.0 Å². The van der Waals surface area contributed by atoms with E-state index in [0.29, 0.717) is 0 Å². The van der Waals surface area contributed by atoms with Gasteiger partial charge in [0.25, 0.3) is 0 Å². The smallest absolute Gasteiger partial charge is 0.335 e. The van der Waals surface area contributed by atoms with Crippen LogP contribution in [0.4, 0.5) is 0 Å². The lowest BCUT2D eigenvalue weighted by Crippen LogP contribution is -2.64. The zero-order chi connectivity index (χ0) is 42.5. The third-order valence-electron chi connectivity index (χ3n) is 10.3. The molecule has 0 aliphatic carbocycles. The Hall–Kier alpha value is -2.80. The molecule has 0 bridgehead atoms. The van der Waals surface area contributed by atoms with Crippen LogP contribution in [0, 0.1) is 17.8 Å².